The number of thioether (sulfide) groups is 1. The molecule has 0 saturated heterocycles. The molecule has 1 aromatic heterocycles. The highest BCUT2D eigenvalue weighted by molar-refractivity contribution is 7.98. The van der Waals surface area contributed by atoms with Crippen LogP contribution in [0.4, 0.5) is 11.6 Å². The third kappa shape index (κ3) is 5.47. The largest absolute Gasteiger partial charge is 0.495 e. The molecule has 1 unspecified atom stereocenters. The molecule has 1 aliphatic heterocycles. The molecule has 3 aromatic carbocycles. The minimum Gasteiger partial charge on any atom is -0.495 e. The Morgan fingerprint density at radius 2 is 1.82 bits per heavy atom. The third-order valence-corrected chi connectivity index (χ3v) is 7.48. The Labute approximate surface area is 233 Å². The zero-order valence-corrected chi connectivity index (χ0v) is 22.6. The second-order valence-corrected chi connectivity index (χ2v) is 10.0. The van der Waals surface area contributed by atoms with Crippen LogP contribution in [0.1, 0.15) is 34.5 Å². The first-order chi connectivity index (χ1) is 18.9. The van der Waals surface area contributed by atoms with Gasteiger partial charge in [-0.25, -0.2) is 9.48 Å². The number of carbonyl (C=O) groups is 2. The van der Waals surface area contributed by atoms with E-state index < -0.39 is 12.0 Å². The molecule has 1 aliphatic rings. The molecule has 1 atom stereocenters. The molecule has 1 amide bonds. The average Bonchev–Trinajstić information content (AvgIpc) is 3.34. The highest BCUT2D eigenvalue weighted by Crippen LogP contribution is 2.38. The number of nitrogens with one attached hydrogen (secondary N) is 2. The molecule has 4 aromatic rings. The summed E-state index contributed by atoms with van der Waals surface area (Å²) < 4.78 is 7.04. The second-order valence-electron chi connectivity index (χ2n) is 8.69. The van der Waals surface area contributed by atoms with E-state index >= 15 is 0 Å². The Balaban J connectivity index is 1.52. The van der Waals surface area contributed by atoms with E-state index in [1.165, 1.54) is 31.0 Å². The van der Waals surface area contributed by atoms with Gasteiger partial charge in [0, 0.05) is 16.5 Å². The number of aromatic carboxylic acids is 1. The number of ether oxygens (including phenoxy) is 1. The number of amides is 1. The van der Waals surface area contributed by atoms with Gasteiger partial charge >= 0.3 is 5.97 Å². The molecule has 39 heavy (non-hydrogen) atoms. The van der Waals surface area contributed by atoms with Gasteiger partial charge in [0.25, 0.3) is 5.91 Å². The van der Waals surface area contributed by atoms with Crippen LogP contribution in [0.2, 0.25) is 5.02 Å². The molecule has 0 radical (unpaired) electrons. The Bertz CT molecular complexity index is 1590. The van der Waals surface area contributed by atoms with Gasteiger partial charge in [0.1, 0.15) is 11.8 Å². The summed E-state index contributed by atoms with van der Waals surface area (Å²) in [6, 6.07) is 20.4. The number of allylic oxidation sites excluding steroid dienone is 1. The number of aromatic nitrogens is 3. The Morgan fingerprint density at radius 3 is 2.54 bits per heavy atom. The van der Waals surface area contributed by atoms with Gasteiger partial charge in [-0.15, -0.1) is 5.10 Å². The number of anilines is 2. The van der Waals surface area contributed by atoms with Gasteiger partial charge in [-0.3, -0.25) is 4.79 Å². The minimum absolute atomic E-state index is 0.142. The normalized spacial score (nSPS) is 14.4. The third-order valence-electron chi connectivity index (χ3n) is 6.22. The van der Waals surface area contributed by atoms with Crippen molar-refractivity contribution in [2.45, 2.75) is 23.9 Å². The van der Waals surface area contributed by atoms with Crippen LogP contribution in [0.3, 0.4) is 0 Å². The number of para-hydroxylation sites is 2. The van der Waals surface area contributed by atoms with Gasteiger partial charge < -0.3 is 20.5 Å². The molecule has 0 aliphatic carbocycles. The topological polar surface area (TPSA) is 118 Å². The van der Waals surface area contributed by atoms with E-state index in [0.29, 0.717) is 50.2 Å². The molecule has 5 rings (SSSR count). The van der Waals surface area contributed by atoms with Gasteiger partial charge in [-0.1, -0.05) is 65.8 Å². The summed E-state index contributed by atoms with van der Waals surface area (Å²) in [6.07, 6.45) is 0. The number of carboxylic acid groups (broad SMARTS) is 1. The second kappa shape index (κ2) is 11.2. The highest BCUT2D eigenvalue weighted by Gasteiger charge is 2.34. The first-order valence-corrected chi connectivity index (χ1v) is 13.3. The molecular weight excluding hydrogens is 538 g/mol. The fourth-order valence-electron chi connectivity index (χ4n) is 4.30. The molecule has 11 heteroatoms. The van der Waals surface area contributed by atoms with Crippen molar-refractivity contribution in [3.05, 3.63) is 106 Å². The summed E-state index contributed by atoms with van der Waals surface area (Å²) in [7, 11) is 1.54. The number of carboxylic acids is 1. The molecule has 0 bridgehead atoms. The van der Waals surface area contributed by atoms with Crippen LogP contribution in [0.15, 0.2) is 89.2 Å². The van der Waals surface area contributed by atoms with Gasteiger partial charge in [-0.2, -0.15) is 4.98 Å². The molecule has 9 nitrogen and oxygen atoms in total. The standard InChI is InChI=1S/C28H24ClN5O4S/c1-16-23(25(35)31-21-9-5-6-10-22(21)38-2)24(17-11-13-18(14-12-17)26(36)37)34-27(30-16)32-28(33-34)39-15-19-7-3-4-8-20(19)29/h3-14,24H,15H2,1-2H3,(H,31,35)(H,36,37)(H,30,32,33). The highest BCUT2D eigenvalue weighted by atomic mass is 35.5. The van der Waals surface area contributed by atoms with Crippen LogP contribution < -0.4 is 15.4 Å². The van der Waals surface area contributed by atoms with Crippen LogP contribution in [-0.2, 0) is 10.5 Å². The van der Waals surface area contributed by atoms with E-state index in [2.05, 4.69) is 15.6 Å². The van der Waals surface area contributed by atoms with E-state index in [1.807, 2.05) is 30.3 Å². The predicted octanol–water partition coefficient (Wildman–Crippen LogP) is 5.86. The lowest BCUT2D eigenvalue weighted by Crippen LogP contribution is -2.31. The van der Waals surface area contributed by atoms with Crippen LogP contribution in [0, 0.1) is 0 Å². The maximum Gasteiger partial charge on any atom is 0.335 e. The number of halogens is 1. The lowest BCUT2D eigenvalue weighted by atomic mass is 9.94. The monoisotopic (exact) mass is 561 g/mol. The fourth-order valence-corrected chi connectivity index (χ4v) is 5.41. The number of benzene rings is 3. The van der Waals surface area contributed by atoms with Crippen molar-refractivity contribution in [1.82, 2.24) is 14.8 Å². The molecular formula is C28H24ClN5O4S. The molecule has 0 saturated carbocycles. The van der Waals surface area contributed by atoms with E-state index in [1.54, 1.807) is 41.9 Å². The molecule has 0 spiro atoms. The number of nitrogens with zero attached hydrogens (tertiary/aromatic N) is 3. The average molecular weight is 562 g/mol. The quantitative estimate of drug-likeness (QED) is 0.229. The fraction of sp³-hybridized carbons (Fsp3) is 0.143. The molecule has 0 fully saturated rings. The maximum absolute atomic E-state index is 13.7. The van der Waals surface area contributed by atoms with Crippen molar-refractivity contribution in [2.75, 3.05) is 17.7 Å². The first-order valence-electron chi connectivity index (χ1n) is 11.9. The summed E-state index contributed by atoms with van der Waals surface area (Å²) in [6.45, 7) is 1.80. The Hall–Kier alpha value is -4.28. The van der Waals surface area contributed by atoms with Crippen LogP contribution >= 0.6 is 23.4 Å². The number of rotatable bonds is 8. The smallest absolute Gasteiger partial charge is 0.335 e. The number of carbonyl (C=O) groups excluding carboxylic acids is 1. The van der Waals surface area contributed by atoms with Crippen molar-refractivity contribution < 1.29 is 19.4 Å². The molecule has 3 N–H and O–H groups in total. The summed E-state index contributed by atoms with van der Waals surface area (Å²) in [5.74, 6) is 0.162. The predicted molar refractivity (Wildman–Crippen MR) is 151 cm³/mol. The van der Waals surface area contributed by atoms with Gasteiger partial charge in [0.05, 0.1) is 23.9 Å². The zero-order valence-electron chi connectivity index (χ0n) is 21.0. The van der Waals surface area contributed by atoms with Gasteiger partial charge in [-0.05, 0) is 48.4 Å². The van der Waals surface area contributed by atoms with Gasteiger partial charge in [0.15, 0.2) is 0 Å². The zero-order chi connectivity index (χ0) is 27.5. The van der Waals surface area contributed by atoms with Crippen molar-refractivity contribution in [3.63, 3.8) is 0 Å². The number of fused-ring (bicyclic) bond motifs is 1. The van der Waals surface area contributed by atoms with Crippen molar-refractivity contribution in [3.8, 4) is 5.75 Å². The van der Waals surface area contributed by atoms with Crippen molar-refractivity contribution in [1.29, 1.82) is 0 Å². The lowest BCUT2D eigenvalue weighted by molar-refractivity contribution is -0.113. The maximum atomic E-state index is 13.7. The number of hydrogen-bond donors (Lipinski definition) is 3. The molecule has 2 heterocycles. The van der Waals surface area contributed by atoms with Gasteiger partial charge in [0.2, 0.25) is 11.1 Å². The summed E-state index contributed by atoms with van der Waals surface area (Å²) in [5, 5.41) is 21.4. The van der Waals surface area contributed by atoms with Crippen molar-refractivity contribution in [2.24, 2.45) is 0 Å². The number of methoxy groups -OCH3 is 1. The SMILES string of the molecule is COc1ccccc1NC(=O)C1=C(C)Nc2nc(SCc3ccccc3Cl)nn2C1c1ccc(C(=O)O)cc1. The minimum atomic E-state index is -1.03. The van der Waals surface area contributed by atoms with E-state index in [9.17, 15) is 14.7 Å². The van der Waals surface area contributed by atoms with Crippen LogP contribution in [0.25, 0.3) is 0 Å². The van der Waals surface area contributed by atoms with Crippen molar-refractivity contribution >= 4 is 46.9 Å². The van der Waals surface area contributed by atoms with Crippen LogP contribution in [0.5, 0.6) is 5.75 Å². The summed E-state index contributed by atoms with van der Waals surface area (Å²) in [4.78, 5) is 29.8. The van der Waals surface area contributed by atoms with E-state index in [-0.39, 0.29) is 11.5 Å². The number of hydrogen-bond acceptors (Lipinski definition) is 7. The first kappa shape index (κ1) is 26.3. The van der Waals surface area contributed by atoms with E-state index in [4.69, 9.17) is 21.4 Å². The Morgan fingerprint density at radius 1 is 1.10 bits per heavy atom. The van der Waals surface area contributed by atoms with E-state index in [0.717, 1.165) is 5.56 Å². The lowest BCUT2D eigenvalue weighted by Gasteiger charge is -2.28. The van der Waals surface area contributed by atoms with Crippen LogP contribution in [-0.4, -0.2) is 38.9 Å². The summed E-state index contributed by atoms with van der Waals surface area (Å²) in [5.41, 5.74) is 3.30. The Kier molecular flexibility index (Phi) is 7.58. The molecule has 198 valence electrons. The summed E-state index contributed by atoms with van der Waals surface area (Å²) >= 11 is 7.74.